The molecule has 0 saturated carbocycles. The quantitative estimate of drug-likeness (QED) is 0.768. The van der Waals surface area contributed by atoms with Gasteiger partial charge in [-0.1, -0.05) is 42.5 Å². The number of hydrogen-bond acceptors (Lipinski definition) is 4. The van der Waals surface area contributed by atoms with Crippen molar-refractivity contribution < 1.29 is 14.3 Å². The molecule has 0 heterocycles. The van der Waals surface area contributed by atoms with Gasteiger partial charge in [0.05, 0.1) is 7.11 Å². The number of carbonyl (C=O) groups excluding carboxylic acids is 2. The summed E-state index contributed by atoms with van der Waals surface area (Å²) in [6, 6.07) is 16.9. The molecule has 0 aliphatic carbocycles. The molecule has 0 bridgehead atoms. The number of halogens is 1. The van der Waals surface area contributed by atoms with E-state index >= 15 is 0 Å². The highest BCUT2D eigenvalue weighted by molar-refractivity contribution is 5.96. The Bertz CT molecular complexity index is 675. The molecule has 0 radical (unpaired) electrons. The number of rotatable bonds is 7. The van der Waals surface area contributed by atoms with E-state index in [4.69, 9.17) is 10.5 Å². The molecule has 0 fully saturated rings. The number of amides is 1. The van der Waals surface area contributed by atoms with Crippen molar-refractivity contribution in [2.24, 2.45) is 5.73 Å². The average molecular weight is 363 g/mol. The molecule has 6 heteroatoms. The molecule has 0 aliphatic heterocycles. The molecular formula is C19H23ClN2O3. The smallest absolute Gasteiger partial charge is 0.325 e. The van der Waals surface area contributed by atoms with Crippen molar-refractivity contribution in [3.05, 3.63) is 71.3 Å². The van der Waals surface area contributed by atoms with Gasteiger partial charge in [-0.3, -0.25) is 9.59 Å². The van der Waals surface area contributed by atoms with E-state index in [1.54, 1.807) is 12.1 Å². The van der Waals surface area contributed by atoms with Crippen molar-refractivity contribution in [1.82, 2.24) is 4.90 Å². The third-order valence-corrected chi connectivity index (χ3v) is 3.78. The zero-order valence-electron chi connectivity index (χ0n) is 14.2. The topological polar surface area (TPSA) is 72.6 Å². The van der Waals surface area contributed by atoms with Gasteiger partial charge >= 0.3 is 5.97 Å². The van der Waals surface area contributed by atoms with Crippen molar-refractivity contribution in [1.29, 1.82) is 0 Å². The molecule has 2 aromatic carbocycles. The van der Waals surface area contributed by atoms with Gasteiger partial charge in [-0.2, -0.15) is 0 Å². The van der Waals surface area contributed by atoms with Crippen molar-refractivity contribution >= 4 is 24.3 Å². The first-order valence-electron chi connectivity index (χ1n) is 7.83. The monoisotopic (exact) mass is 362 g/mol. The Hall–Kier alpha value is -2.37. The summed E-state index contributed by atoms with van der Waals surface area (Å²) >= 11 is 0. The summed E-state index contributed by atoms with van der Waals surface area (Å²) in [6.07, 6.45) is 0.671. The van der Waals surface area contributed by atoms with Crippen LogP contribution in [-0.4, -0.2) is 37.0 Å². The Balaban J connectivity index is 0.00000312. The van der Waals surface area contributed by atoms with Gasteiger partial charge in [-0.25, -0.2) is 0 Å². The second-order valence-corrected chi connectivity index (χ2v) is 5.44. The molecule has 0 aromatic heterocycles. The first-order chi connectivity index (χ1) is 11.6. The van der Waals surface area contributed by atoms with Crippen LogP contribution in [-0.2, 0) is 22.5 Å². The molecule has 0 spiro atoms. The van der Waals surface area contributed by atoms with Gasteiger partial charge in [0.2, 0.25) is 0 Å². The number of esters is 1. The maximum absolute atomic E-state index is 12.7. The summed E-state index contributed by atoms with van der Waals surface area (Å²) in [4.78, 5) is 25.9. The SMILES string of the molecule is COC(=O)CN(CCc1ccccc1)C(=O)c1ccc(CN)cc1.Cl. The molecule has 2 N–H and O–H groups in total. The van der Waals surface area contributed by atoms with E-state index in [0.29, 0.717) is 25.1 Å². The molecule has 5 nitrogen and oxygen atoms in total. The van der Waals surface area contributed by atoms with Crippen molar-refractivity contribution in [2.75, 3.05) is 20.2 Å². The van der Waals surface area contributed by atoms with Gasteiger partial charge in [-0.05, 0) is 29.7 Å². The number of nitrogens with zero attached hydrogens (tertiary/aromatic N) is 1. The predicted molar refractivity (Wildman–Crippen MR) is 99.6 cm³/mol. The third-order valence-electron chi connectivity index (χ3n) is 3.78. The van der Waals surface area contributed by atoms with E-state index in [1.807, 2.05) is 42.5 Å². The molecule has 2 aromatic rings. The Labute approximate surface area is 154 Å². The molecule has 0 atom stereocenters. The van der Waals surface area contributed by atoms with Gasteiger partial charge in [-0.15, -0.1) is 12.4 Å². The van der Waals surface area contributed by atoms with Crippen LogP contribution < -0.4 is 5.73 Å². The maximum Gasteiger partial charge on any atom is 0.325 e. The largest absolute Gasteiger partial charge is 0.468 e. The summed E-state index contributed by atoms with van der Waals surface area (Å²) in [5.41, 5.74) is 8.17. The highest BCUT2D eigenvalue weighted by atomic mass is 35.5. The van der Waals surface area contributed by atoms with E-state index in [0.717, 1.165) is 11.1 Å². The van der Waals surface area contributed by atoms with Crippen LogP contribution in [0.4, 0.5) is 0 Å². The summed E-state index contributed by atoms with van der Waals surface area (Å²) in [7, 11) is 1.32. The predicted octanol–water partition coefficient (Wildman–Crippen LogP) is 2.43. The van der Waals surface area contributed by atoms with Crippen LogP contribution in [0.15, 0.2) is 54.6 Å². The second-order valence-electron chi connectivity index (χ2n) is 5.44. The Kier molecular flexibility index (Phi) is 8.67. The first-order valence-corrected chi connectivity index (χ1v) is 7.83. The highest BCUT2D eigenvalue weighted by Gasteiger charge is 2.19. The molecule has 0 unspecified atom stereocenters. The Morgan fingerprint density at radius 2 is 1.64 bits per heavy atom. The van der Waals surface area contributed by atoms with E-state index in [1.165, 1.54) is 12.0 Å². The average Bonchev–Trinajstić information content (AvgIpc) is 2.65. The van der Waals surface area contributed by atoms with Crippen LogP contribution in [0.2, 0.25) is 0 Å². The van der Waals surface area contributed by atoms with E-state index < -0.39 is 5.97 Å². The summed E-state index contributed by atoms with van der Waals surface area (Å²) in [5.74, 6) is -0.630. The number of hydrogen-bond donors (Lipinski definition) is 1. The molecule has 25 heavy (non-hydrogen) atoms. The van der Waals surface area contributed by atoms with Gasteiger partial charge in [0, 0.05) is 18.7 Å². The summed E-state index contributed by atoms with van der Waals surface area (Å²) in [5, 5.41) is 0. The summed E-state index contributed by atoms with van der Waals surface area (Å²) < 4.78 is 4.71. The van der Waals surface area contributed by atoms with Crippen molar-refractivity contribution in [3.63, 3.8) is 0 Å². The van der Waals surface area contributed by atoms with Crippen LogP contribution in [0.1, 0.15) is 21.5 Å². The lowest BCUT2D eigenvalue weighted by atomic mass is 10.1. The number of nitrogens with two attached hydrogens (primary N) is 1. The zero-order chi connectivity index (χ0) is 17.4. The fraction of sp³-hybridized carbons (Fsp3) is 0.263. The van der Waals surface area contributed by atoms with Crippen LogP contribution in [0.3, 0.4) is 0 Å². The van der Waals surface area contributed by atoms with Gasteiger partial charge in [0.15, 0.2) is 0 Å². The number of benzene rings is 2. The lowest BCUT2D eigenvalue weighted by Crippen LogP contribution is -2.37. The van der Waals surface area contributed by atoms with E-state index in [9.17, 15) is 9.59 Å². The van der Waals surface area contributed by atoms with Gasteiger partial charge in [0.1, 0.15) is 6.54 Å². The standard InChI is InChI=1S/C19H22N2O3.ClH/c1-24-18(22)14-21(12-11-15-5-3-2-4-6-15)19(23)17-9-7-16(13-20)8-10-17;/h2-10H,11-14,20H2,1H3;1H. The number of methoxy groups -OCH3 is 1. The normalized spacial score (nSPS) is 9.84. The van der Waals surface area contributed by atoms with Crippen molar-refractivity contribution in [2.45, 2.75) is 13.0 Å². The van der Waals surface area contributed by atoms with E-state index in [-0.39, 0.29) is 24.9 Å². The molecule has 134 valence electrons. The molecule has 2 rings (SSSR count). The number of carbonyl (C=O) groups is 2. The lowest BCUT2D eigenvalue weighted by molar-refractivity contribution is -0.141. The lowest BCUT2D eigenvalue weighted by Gasteiger charge is -2.21. The molecule has 0 saturated heterocycles. The van der Waals surface area contributed by atoms with Crippen LogP contribution >= 0.6 is 12.4 Å². The summed E-state index contributed by atoms with van der Waals surface area (Å²) in [6.45, 7) is 0.797. The van der Waals surface area contributed by atoms with Crippen LogP contribution in [0, 0.1) is 0 Å². The molecule has 0 aliphatic rings. The van der Waals surface area contributed by atoms with Crippen molar-refractivity contribution in [3.8, 4) is 0 Å². The highest BCUT2D eigenvalue weighted by Crippen LogP contribution is 2.09. The second kappa shape index (κ2) is 10.5. The zero-order valence-corrected chi connectivity index (χ0v) is 15.0. The minimum absolute atomic E-state index is 0. The Morgan fingerprint density at radius 1 is 1.00 bits per heavy atom. The maximum atomic E-state index is 12.7. The minimum atomic E-state index is -0.435. The van der Waals surface area contributed by atoms with Crippen LogP contribution in [0.25, 0.3) is 0 Å². The van der Waals surface area contributed by atoms with Gasteiger partial charge < -0.3 is 15.4 Å². The Morgan fingerprint density at radius 3 is 2.20 bits per heavy atom. The van der Waals surface area contributed by atoms with Crippen LogP contribution in [0.5, 0.6) is 0 Å². The number of ether oxygens (including phenoxy) is 1. The molecular weight excluding hydrogens is 340 g/mol. The van der Waals surface area contributed by atoms with Gasteiger partial charge in [0.25, 0.3) is 5.91 Å². The molecule has 1 amide bonds. The van der Waals surface area contributed by atoms with E-state index in [2.05, 4.69) is 0 Å². The fourth-order valence-corrected chi connectivity index (χ4v) is 2.35. The minimum Gasteiger partial charge on any atom is -0.468 e. The third kappa shape index (κ3) is 6.21. The first kappa shape index (κ1) is 20.7. The fourth-order valence-electron chi connectivity index (χ4n) is 2.35.